The van der Waals surface area contributed by atoms with Gasteiger partial charge in [0.1, 0.15) is 5.82 Å². The van der Waals surface area contributed by atoms with Crippen LogP contribution in [0.15, 0.2) is 78.9 Å². The molecule has 0 spiro atoms. The quantitative estimate of drug-likeness (QED) is 0.337. The van der Waals surface area contributed by atoms with E-state index >= 15 is 0 Å². The van der Waals surface area contributed by atoms with Gasteiger partial charge in [0.2, 0.25) is 0 Å². The molecule has 0 fully saturated rings. The van der Waals surface area contributed by atoms with Gasteiger partial charge in [-0.25, -0.2) is 4.39 Å². The van der Waals surface area contributed by atoms with E-state index in [0.29, 0.717) is 5.56 Å². The highest BCUT2D eigenvalue weighted by Gasteiger charge is 2.09. The van der Waals surface area contributed by atoms with E-state index in [0.717, 1.165) is 41.3 Å². The Morgan fingerprint density at radius 3 is 1.96 bits per heavy atom. The first-order chi connectivity index (χ1) is 13.7. The molecule has 0 radical (unpaired) electrons. The normalized spacial score (nSPS) is 11.1. The van der Waals surface area contributed by atoms with Gasteiger partial charge >= 0.3 is 0 Å². The summed E-state index contributed by atoms with van der Waals surface area (Å²) in [7, 11) is 0. The van der Waals surface area contributed by atoms with E-state index in [2.05, 4.69) is 68.4 Å². The Labute approximate surface area is 166 Å². The average Bonchev–Trinajstić information content (AvgIpc) is 2.73. The Morgan fingerprint density at radius 1 is 0.607 bits per heavy atom. The molecule has 0 saturated heterocycles. The number of hydrogen-bond acceptors (Lipinski definition) is 0. The third kappa shape index (κ3) is 3.71. The second-order valence-corrected chi connectivity index (χ2v) is 7.39. The molecular formula is C27H25F. The lowest BCUT2D eigenvalue weighted by Gasteiger charge is -2.09. The van der Waals surface area contributed by atoms with Crippen LogP contribution in [-0.4, -0.2) is 0 Å². The van der Waals surface area contributed by atoms with Gasteiger partial charge in [-0.1, -0.05) is 87.0 Å². The molecule has 0 atom stereocenters. The summed E-state index contributed by atoms with van der Waals surface area (Å²) in [4.78, 5) is 0. The lowest BCUT2D eigenvalue weighted by molar-refractivity contribution is 0.632. The molecule has 1 heteroatoms. The zero-order valence-corrected chi connectivity index (χ0v) is 16.5. The van der Waals surface area contributed by atoms with Crippen molar-refractivity contribution in [1.29, 1.82) is 0 Å². The van der Waals surface area contributed by atoms with Crippen LogP contribution in [0.25, 0.3) is 33.0 Å². The molecule has 0 aliphatic heterocycles. The Hall–Kier alpha value is -2.93. The van der Waals surface area contributed by atoms with Crippen LogP contribution in [0.2, 0.25) is 0 Å². The lowest BCUT2D eigenvalue weighted by Crippen LogP contribution is -1.88. The van der Waals surface area contributed by atoms with Crippen molar-refractivity contribution < 1.29 is 4.39 Å². The summed E-state index contributed by atoms with van der Waals surface area (Å²) in [5.74, 6) is -0.181. The standard InChI is InChI=1S/C27H25F/c1-3-5-20-8-11-23-17-25(13-12-22(23)16-20)26-15-14-24(18-27(26)28)21-9-6-19(4-2)7-10-21/h6-18H,3-5H2,1-2H3. The van der Waals surface area contributed by atoms with Gasteiger partial charge in [0.15, 0.2) is 0 Å². The minimum Gasteiger partial charge on any atom is -0.206 e. The van der Waals surface area contributed by atoms with E-state index in [1.54, 1.807) is 6.07 Å². The van der Waals surface area contributed by atoms with Crippen LogP contribution in [0.4, 0.5) is 4.39 Å². The maximum atomic E-state index is 14.9. The van der Waals surface area contributed by atoms with E-state index in [4.69, 9.17) is 0 Å². The second kappa shape index (κ2) is 7.98. The molecule has 4 aromatic rings. The zero-order chi connectivity index (χ0) is 19.5. The largest absolute Gasteiger partial charge is 0.206 e. The van der Waals surface area contributed by atoms with Crippen LogP contribution in [0.5, 0.6) is 0 Å². The molecule has 0 unspecified atom stereocenters. The number of hydrogen-bond donors (Lipinski definition) is 0. The Balaban J connectivity index is 1.67. The summed E-state index contributed by atoms with van der Waals surface area (Å²) in [6.07, 6.45) is 3.24. The van der Waals surface area contributed by atoms with Gasteiger partial charge in [-0.2, -0.15) is 0 Å². The third-order valence-electron chi connectivity index (χ3n) is 5.42. The minimum atomic E-state index is -0.181. The molecule has 0 amide bonds. The Kier molecular flexibility index (Phi) is 5.25. The highest BCUT2D eigenvalue weighted by molar-refractivity contribution is 5.88. The number of rotatable bonds is 5. The van der Waals surface area contributed by atoms with Crippen LogP contribution < -0.4 is 0 Å². The van der Waals surface area contributed by atoms with Gasteiger partial charge in [-0.3, -0.25) is 0 Å². The third-order valence-corrected chi connectivity index (χ3v) is 5.42. The average molecular weight is 368 g/mol. The predicted molar refractivity (Wildman–Crippen MR) is 118 cm³/mol. The minimum absolute atomic E-state index is 0.181. The topological polar surface area (TPSA) is 0 Å². The van der Waals surface area contributed by atoms with Gasteiger partial charge in [0, 0.05) is 5.56 Å². The van der Waals surface area contributed by atoms with Crippen molar-refractivity contribution in [3.05, 3.63) is 95.8 Å². The highest BCUT2D eigenvalue weighted by atomic mass is 19.1. The molecule has 0 bridgehead atoms. The SMILES string of the molecule is CCCc1ccc2cc(-c3ccc(-c4ccc(CC)cc4)cc3F)ccc2c1. The van der Waals surface area contributed by atoms with Crippen molar-refractivity contribution in [2.45, 2.75) is 33.1 Å². The van der Waals surface area contributed by atoms with Crippen LogP contribution in [-0.2, 0) is 12.8 Å². The molecule has 4 rings (SSSR count). The molecule has 4 aromatic carbocycles. The Morgan fingerprint density at radius 2 is 1.25 bits per heavy atom. The first kappa shape index (κ1) is 18.4. The van der Waals surface area contributed by atoms with Crippen LogP contribution >= 0.6 is 0 Å². The fraction of sp³-hybridized carbons (Fsp3) is 0.185. The first-order valence-corrected chi connectivity index (χ1v) is 10.1. The van der Waals surface area contributed by atoms with E-state index in [9.17, 15) is 4.39 Å². The monoisotopic (exact) mass is 368 g/mol. The fourth-order valence-corrected chi connectivity index (χ4v) is 3.77. The number of halogens is 1. The molecule has 0 aromatic heterocycles. The fourth-order valence-electron chi connectivity index (χ4n) is 3.77. The van der Waals surface area contributed by atoms with Crippen molar-refractivity contribution in [3.8, 4) is 22.3 Å². The molecule has 0 aliphatic rings. The van der Waals surface area contributed by atoms with Crippen molar-refractivity contribution in [2.24, 2.45) is 0 Å². The maximum Gasteiger partial charge on any atom is 0.131 e. The predicted octanol–water partition coefficient (Wildman–Crippen LogP) is 7.83. The molecular weight excluding hydrogens is 343 g/mol. The van der Waals surface area contributed by atoms with Gasteiger partial charge in [-0.15, -0.1) is 0 Å². The summed E-state index contributed by atoms with van der Waals surface area (Å²) in [6, 6.07) is 26.7. The van der Waals surface area contributed by atoms with Gasteiger partial charge in [-0.05, 0) is 63.6 Å². The number of benzene rings is 4. The molecule has 0 saturated carbocycles. The summed E-state index contributed by atoms with van der Waals surface area (Å²) in [5.41, 5.74) is 6.17. The van der Waals surface area contributed by atoms with Crippen molar-refractivity contribution in [2.75, 3.05) is 0 Å². The van der Waals surface area contributed by atoms with Crippen LogP contribution in [0.3, 0.4) is 0 Å². The molecule has 140 valence electrons. The molecule has 0 heterocycles. The summed E-state index contributed by atoms with van der Waals surface area (Å²) in [6.45, 7) is 4.33. The summed E-state index contributed by atoms with van der Waals surface area (Å²) >= 11 is 0. The first-order valence-electron chi connectivity index (χ1n) is 10.1. The smallest absolute Gasteiger partial charge is 0.131 e. The molecule has 28 heavy (non-hydrogen) atoms. The second-order valence-electron chi connectivity index (χ2n) is 7.39. The van der Waals surface area contributed by atoms with Crippen molar-refractivity contribution >= 4 is 10.8 Å². The van der Waals surface area contributed by atoms with Gasteiger partial charge < -0.3 is 0 Å². The van der Waals surface area contributed by atoms with Crippen LogP contribution in [0.1, 0.15) is 31.4 Å². The number of fused-ring (bicyclic) bond motifs is 1. The van der Waals surface area contributed by atoms with E-state index in [-0.39, 0.29) is 5.82 Å². The van der Waals surface area contributed by atoms with Crippen molar-refractivity contribution in [1.82, 2.24) is 0 Å². The summed E-state index contributed by atoms with van der Waals surface area (Å²) < 4.78 is 14.9. The molecule has 0 N–H and O–H groups in total. The maximum absolute atomic E-state index is 14.9. The van der Waals surface area contributed by atoms with E-state index < -0.39 is 0 Å². The van der Waals surface area contributed by atoms with Gasteiger partial charge in [0.05, 0.1) is 0 Å². The lowest BCUT2D eigenvalue weighted by atomic mass is 9.96. The highest BCUT2D eigenvalue weighted by Crippen LogP contribution is 2.30. The number of aryl methyl sites for hydroxylation is 2. The molecule has 0 aliphatic carbocycles. The summed E-state index contributed by atoms with van der Waals surface area (Å²) in [5, 5.41) is 2.36. The zero-order valence-electron chi connectivity index (χ0n) is 16.5. The van der Waals surface area contributed by atoms with E-state index in [1.165, 1.54) is 16.5 Å². The molecule has 0 nitrogen and oxygen atoms in total. The Bertz CT molecular complexity index is 1110. The van der Waals surface area contributed by atoms with Crippen LogP contribution in [0, 0.1) is 5.82 Å². The van der Waals surface area contributed by atoms with Gasteiger partial charge in [0.25, 0.3) is 0 Å². The van der Waals surface area contributed by atoms with Crippen molar-refractivity contribution in [3.63, 3.8) is 0 Å². The van der Waals surface area contributed by atoms with E-state index in [1.807, 2.05) is 18.2 Å².